The molecular formula is C20H19BrN2O4S. The molecule has 0 radical (unpaired) electrons. The van der Waals surface area contributed by atoms with Crippen molar-refractivity contribution >= 4 is 48.5 Å². The summed E-state index contributed by atoms with van der Waals surface area (Å²) in [5.74, 6) is -0.276. The van der Waals surface area contributed by atoms with Crippen LogP contribution in [0.3, 0.4) is 0 Å². The SMILES string of the molecule is O=C(Nc1cccc(S(=O)(=O)N2CCCCC2)c1)c1cc2cccc(Br)c2o1. The molecule has 1 aliphatic heterocycles. The molecule has 1 aliphatic rings. The molecule has 8 heteroatoms. The van der Waals surface area contributed by atoms with Crippen LogP contribution >= 0.6 is 15.9 Å². The van der Waals surface area contributed by atoms with Crippen LogP contribution in [-0.2, 0) is 10.0 Å². The number of para-hydroxylation sites is 1. The van der Waals surface area contributed by atoms with E-state index in [0.29, 0.717) is 24.4 Å². The third-order valence-electron chi connectivity index (χ3n) is 4.76. The smallest absolute Gasteiger partial charge is 0.291 e. The number of sulfonamides is 1. The van der Waals surface area contributed by atoms with Gasteiger partial charge in [0.25, 0.3) is 5.91 Å². The number of amides is 1. The summed E-state index contributed by atoms with van der Waals surface area (Å²) in [5.41, 5.74) is 0.997. The molecule has 1 fully saturated rings. The molecule has 3 aromatic rings. The summed E-state index contributed by atoms with van der Waals surface area (Å²) in [5, 5.41) is 3.53. The van der Waals surface area contributed by atoms with Gasteiger partial charge in [-0.15, -0.1) is 0 Å². The zero-order valence-electron chi connectivity index (χ0n) is 15.0. The van der Waals surface area contributed by atoms with Gasteiger partial charge in [0, 0.05) is 24.2 Å². The highest BCUT2D eigenvalue weighted by Gasteiger charge is 2.26. The molecule has 2 heterocycles. The van der Waals surface area contributed by atoms with Gasteiger partial charge < -0.3 is 9.73 Å². The van der Waals surface area contributed by atoms with Crippen LogP contribution in [0.25, 0.3) is 11.0 Å². The molecular weight excluding hydrogens is 444 g/mol. The van der Waals surface area contributed by atoms with E-state index in [0.717, 1.165) is 29.1 Å². The molecule has 6 nitrogen and oxygen atoms in total. The van der Waals surface area contributed by atoms with Crippen LogP contribution in [-0.4, -0.2) is 31.7 Å². The zero-order valence-corrected chi connectivity index (χ0v) is 17.4. The summed E-state index contributed by atoms with van der Waals surface area (Å²) in [7, 11) is -3.56. The van der Waals surface area contributed by atoms with E-state index >= 15 is 0 Å². The number of rotatable bonds is 4. The number of nitrogens with zero attached hydrogens (tertiary/aromatic N) is 1. The van der Waals surface area contributed by atoms with Gasteiger partial charge in [-0.2, -0.15) is 4.31 Å². The fraction of sp³-hybridized carbons (Fsp3) is 0.250. The van der Waals surface area contributed by atoms with E-state index in [2.05, 4.69) is 21.2 Å². The maximum absolute atomic E-state index is 12.8. The van der Waals surface area contributed by atoms with Crippen molar-refractivity contribution in [2.45, 2.75) is 24.2 Å². The van der Waals surface area contributed by atoms with Gasteiger partial charge in [0.15, 0.2) is 5.76 Å². The number of hydrogen-bond donors (Lipinski definition) is 1. The van der Waals surface area contributed by atoms with Crippen molar-refractivity contribution in [2.75, 3.05) is 18.4 Å². The van der Waals surface area contributed by atoms with Gasteiger partial charge in [0.05, 0.1) is 9.37 Å². The minimum atomic E-state index is -3.56. The number of halogens is 1. The van der Waals surface area contributed by atoms with E-state index in [1.165, 1.54) is 10.4 Å². The van der Waals surface area contributed by atoms with Gasteiger partial charge in [-0.05, 0) is 59.1 Å². The van der Waals surface area contributed by atoms with Crippen molar-refractivity contribution in [1.29, 1.82) is 0 Å². The second-order valence-corrected chi connectivity index (χ2v) is 9.51. The lowest BCUT2D eigenvalue weighted by Gasteiger charge is -2.26. The molecule has 0 aliphatic carbocycles. The van der Waals surface area contributed by atoms with Crippen LogP contribution in [0.5, 0.6) is 0 Å². The molecule has 0 spiro atoms. The van der Waals surface area contributed by atoms with Gasteiger partial charge in [0.2, 0.25) is 10.0 Å². The summed E-state index contributed by atoms with van der Waals surface area (Å²) in [6.45, 7) is 1.07. The lowest BCUT2D eigenvalue weighted by Crippen LogP contribution is -2.35. The third kappa shape index (κ3) is 3.72. The molecule has 1 N–H and O–H groups in total. The molecule has 0 saturated carbocycles. The molecule has 2 aromatic carbocycles. The highest BCUT2D eigenvalue weighted by atomic mass is 79.9. The Balaban J connectivity index is 1.57. The van der Waals surface area contributed by atoms with Crippen molar-refractivity contribution in [3.8, 4) is 0 Å². The minimum Gasteiger partial charge on any atom is -0.450 e. The zero-order chi connectivity index (χ0) is 19.7. The lowest BCUT2D eigenvalue weighted by molar-refractivity contribution is 0.0998. The van der Waals surface area contributed by atoms with Gasteiger partial charge in [-0.3, -0.25) is 4.79 Å². The summed E-state index contributed by atoms with van der Waals surface area (Å²) in [4.78, 5) is 12.8. The number of furan rings is 1. The number of carbonyl (C=O) groups is 1. The molecule has 4 rings (SSSR count). The number of piperidine rings is 1. The highest BCUT2D eigenvalue weighted by molar-refractivity contribution is 9.10. The monoisotopic (exact) mass is 462 g/mol. The fourth-order valence-electron chi connectivity index (χ4n) is 3.32. The predicted octanol–water partition coefficient (Wildman–Crippen LogP) is 4.62. The summed E-state index contributed by atoms with van der Waals surface area (Å²) in [6, 6.07) is 13.5. The average molecular weight is 463 g/mol. The Hall–Kier alpha value is -2.16. The highest BCUT2D eigenvalue weighted by Crippen LogP contribution is 2.28. The molecule has 0 unspecified atom stereocenters. The van der Waals surface area contributed by atoms with Gasteiger partial charge >= 0.3 is 0 Å². The van der Waals surface area contributed by atoms with E-state index in [4.69, 9.17) is 4.42 Å². The van der Waals surface area contributed by atoms with Gasteiger partial charge in [-0.1, -0.05) is 24.6 Å². The van der Waals surface area contributed by atoms with E-state index in [1.54, 1.807) is 24.3 Å². The second kappa shape index (κ2) is 7.69. The Morgan fingerprint density at radius 3 is 2.54 bits per heavy atom. The molecule has 1 aromatic heterocycles. The summed E-state index contributed by atoms with van der Waals surface area (Å²) >= 11 is 3.40. The lowest BCUT2D eigenvalue weighted by atomic mass is 10.2. The first-order valence-electron chi connectivity index (χ1n) is 9.05. The Morgan fingerprint density at radius 1 is 1.04 bits per heavy atom. The Labute approximate surface area is 171 Å². The number of benzene rings is 2. The number of anilines is 1. The number of nitrogens with one attached hydrogen (secondary N) is 1. The molecule has 0 atom stereocenters. The molecule has 28 heavy (non-hydrogen) atoms. The van der Waals surface area contributed by atoms with Crippen molar-refractivity contribution in [3.63, 3.8) is 0 Å². The molecule has 146 valence electrons. The van der Waals surface area contributed by atoms with E-state index in [1.807, 2.05) is 18.2 Å². The second-order valence-electron chi connectivity index (χ2n) is 6.72. The maximum atomic E-state index is 12.8. The van der Waals surface area contributed by atoms with Gasteiger partial charge in [0.1, 0.15) is 5.58 Å². The van der Waals surface area contributed by atoms with Crippen molar-refractivity contribution in [3.05, 3.63) is 58.8 Å². The average Bonchev–Trinajstić information content (AvgIpc) is 3.15. The fourth-order valence-corrected chi connectivity index (χ4v) is 5.35. The van der Waals surface area contributed by atoms with E-state index in [9.17, 15) is 13.2 Å². The Kier molecular flexibility index (Phi) is 5.27. The van der Waals surface area contributed by atoms with Crippen LogP contribution in [0.1, 0.15) is 29.8 Å². The topological polar surface area (TPSA) is 79.6 Å². The van der Waals surface area contributed by atoms with Crippen LogP contribution in [0, 0.1) is 0 Å². The van der Waals surface area contributed by atoms with Crippen LogP contribution in [0.4, 0.5) is 5.69 Å². The van der Waals surface area contributed by atoms with Crippen LogP contribution in [0.15, 0.2) is 62.3 Å². The summed E-state index contributed by atoms with van der Waals surface area (Å²) < 4.78 is 33.6. The predicted molar refractivity (Wildman–Crippen MR) is 111 cm³/mol. The quantitative estimate of drug-likeness (QED) is 0.613. The Morgan fingerprint density at radius 2 is 1.79 bits per heavy atom. The first-order chi connectivity index (χ1) is 13.4. The Bertz CT molecular complexity index is 1130. The maximum Gasteiger partial charge on any atom is 0.291 e. The largest absolute Gasteiger partial charge is 0.450 e. The number of carbonyl (C=O) groups excluding carboxylic acids is 1. The normalized spacial score (nSPS) is 15.6. The molecule has 1 saturated heterocycles. The van der Waals surface area contributed by atoms with Crippen molar-refractivity contribution in [1.82, 2.24) is 4.31 Å². The number of fused-ring (bicyclic) bond motifs is 1. The van der Waals surface area contributed by atoms with Gasteiger partial charge in [-0.25, -0.2) is 8.42 Å². The standard InChI is InChI=1S/C20H19BrN2O4S/c21-17-9-4-6-14-12-18(27-19(14)17)20(24)22-15-7-5-8-16(13-15)28(25,26)23-10-2-1-3-11-23/h4-9,12-13H,1-3,10-11H2,(H,22,24). The van der Waals surface area contributed by atoms with E-state index in [-0.39, 0.29) is 10.7 Å². The first-order valence-corrected chi connectivity index (χ1v) is 11.3. The summed E-state index contributed by atoms with van der Waals surface area (Å²) in [6.07, 6.45) is 2.80. The van der Waals surface area contributed by atoms with Crippen molar-refractivity contribution < 1.29 is 17.6 Å². The van der Waals surface area contributed by atoms with Crippen LogP contribution < -0.4 is 5.32 Å². The number of hydrogen-bond acceptors (Lipinski definition) is 4. The van der Waals surface area contributed by atoms with E-state index < -0.39 is 15.9 Å². The first kappa shape index (κ1) is 19.2. The molecule has 1 amide bonds. The molecule has 0 bridgehead atoms. The third-order valence-corrected chi connectivity index (χ3v) is 7.28. The van der Waals surface area contributed by atoms with Crippen molar-refractivity contribution in [2.24, 2.45) is 0 Å². The van der Waals surface area contributed by atoms with Crippen LogP contribution in [0.2, 0.25) is 0 Å². The minimum absolute atomic E-state index is 0.159.